The van der Waals surface area contributed by atoms with Gasteiger partial charge < -0.3 is 14.8 Å². The molecule has 2 unspecified atom stereocenters. The van der Waals surface area contributed by atoms with Gasteiger partial charge in [-0.1, -0.05) is 33.8 Å². The minimum Gasteiger partial charge on any atom is -0.493 e. The van der Waals surface area contributed by atoms with Crippen molar-refractivity contribution in [1.82, 2.24) is 5.32 Å². The van der Waals surface area contributed by atoms with Gasteiger partial charge in [-0.2, -0.15) is 0 Å². The van der Waals surface area contributed by atoms with Crippen LogP contribution in [-0.2, 0) is 11.2 Å². The summed E-state index contributed by atoms with van der Waals surface area (Å²) < 4.78 is 10.6. The van der Waals surface area contributed by atoms with E-state index in [-0.39, 0.29) is 17.2 Å². The fourth-order valence-electron chi connectivity index (χ4n) is 4.19. The number of ether oxygens (including phenoxy) is 2. The first-order valence-corrected chi connectivity index (χ1v) is 9.76. The highest BCUT2D eigenvalue weighted by Gasteiger charge is 2.39. The molecule has 0 aliphatic heterocycles. The van der Waals surface area contributed by atoms with Gasteiger partial charge in [-0.15, -0.1) is 0 Å². The molecule has 1 N–H and O–H groups in total. The summed E-state index contributed by atoms with van der Waals surface area (Å²) in [6, 6.07) is 5.91. The van der Waals surface area contributed by atoms with Crippen molar-refractivity contribution in [2.45, 2.75) is 53.4 Å². The molecule has 1 aliphatic carbocycles. The zero-order valence-electron chi connectivity index (χ0n) is 17.2. The number of rotatable bonds is 7. The Kier molecular flexibility index (Phi) is 6.96. The van der Waals surface area contributed by atoms with Crippen molar-refractivity contribution in [3.63, 3.8) is 0 Å². The van der Waals surface area contributed by atoms with Crippen LogP contribution in [0.5, 0.6) is 11.5 Å². The van der Waals surface area contributed by atoms with E-state index in [0.717, 1.165) is 36.3 Å². The molecule has 0 spiro atoms. The summed E-state index contributed by atoms with van der Waals surface area (Å²) in [4.78, 5) is 12.9. The molecule has 2 atom stereocenters. The maximum atomic E-state index is 12.9. The van der Waals surface area contributed by atoms with E-state index < -0.39 is 0 Å². The molecule has 26 heavy (non-hydrogen) atoms. The number of benzene rings is 1. The average Bonchev–Trinajstić information content (AvgIpc) is 2.60. The van der Waals surface area contributed by atoms with E-state index in [0.29, 0.717) is 18.4 Å². The minimum atomic E-state index is 0.129. The lowest BCUT2D eigenvalue weighted by molar-refractivity contribution is -0.130. The molecule has 1 aliphatic rings. The standard InChI is InChI=1S/C22H35NO3/c1-15(2)17-9-11-22(3,4)14-18(17)21(24)23-12-10-16-7-8-19(25-5)20(13-16)26-6/h7-8,13,15,17-18H,9-12,14H2,1-6H3,(H,23,24). The Balaban J connectivity index is 1.94. The SMILES string of the molecule is COc1ccc(CCNC(=O)C2CC(C)(C)CCC2C(C)C)cc1OC. The molecule has 0 radical (unpaired) electrons. The number of methoxy groups -OCH3 is 2. The second-order valence-corrected chi connectivity index (χ2v) is 8.65. The largest absolute Gasteiger partial charge is 0.493 e. The Morgan fingerprint density at radius 2 is 1.92 bits per heavy atom. The monoisotopic (exact) mass is 361 g/mol. The molecular weight excluding hydrogens is 326 g/mol. The number of carbonyl (C=O) groups excluding carboxylic acids is 1. The molecule has 0 aromatic heterocycles. The molecule has 1 fully saturated rings. The molecule has 0 bridgehead atoms. The summed E-state index contributed by atoms with van der Waals surface area (Å²) in [7, 11) is 3.27. The van der Waals surface area contributed by atoms with E-state index in [1.165, 1.54) is 6.42 Å². The zero-order valence-corrected chi connectivity index (χ0v) is 17.2. The van der Waals surface area contributed by atoms with Gasteiger partial charge in [0.15, 0.2) is 11.5 Å². The summed E-state index contributed by atoms with van der Waals surface area (Å²) in [5.74, 6) is 2.84. The Morgan fingerprint density at radius 1 is 1.23 bits per heavy atom. The first-order chi connectivity index (χ1) is 12.3. The second-order valence-electron chi connectivity index (χ2n) is 8.65. The molecule has 4 nitrogen and oxygen atoms in total. The molecule has 146 valence electrons. The van der Waals surface area contributed by atoms with Gasteiger partial charge in [-0.3, -0.25) is 4.79 Å². The van der Waals surface area contributed by atoms with Gasteiger partial charge in [0.2, 0.25) is 5.91 Å². The van der Waals surface area contributed by atoms with Gasteiger partial charge in [0, 0.05) is 12.5 Å². The van der Waals surface area contributed by atoms with E-state index in [4.69, 9.17) is 9.47 Å². The molecule has 1 aromatic carbocycles. The van der Waals surface area contributed by atoms with Gasteiger partial charge >= 0.3 is 0 Å². The van der Waals surface area contributed by atoms with Crippen molar-refractivity contribution in [2.75, 3.05) is 20.8 Å². The quantitative estimate of drug-likeness (QED) is 0.780. The molecule has 0 saturated heterocycles. The van der Waals surface area contributed by atoms with Crippen molar-refractivity contribution >= 4 is 5.91 Å². The van der Waals surface area contributed by atoms with Crippen LogP contribution >= 0.6 is 0 Å². The van der Waals surface area contributed by atoms with Gasteiger partial charge in [-0.25, -0.2) is 0 Å². The predicted octanol–water partition coefficient (Wildman–Crippen LogP) is 4.46. The normalized spacial score (nSPS) is 22.1. The third-order valence-corrected chi connectivity index (χ3v) is 5.80. The first kappa shape index (κ1) is 20.6. The van der Waals surface area contributed by atoms with Crippen LogP contribution in [0.25, 0.3) is 0 Å². The maximum absolute atomic E-state index is 12.9. The van der Waals surface area contributed by atoms with Crippen molar-refractivity contribution in [3.8, 4) is 11.5 Å². The Morgan fingerprint density at radius 3 is 2.54 bits per heavy atom. The summed E-state index contributed by atoms with van der Waals surface area (Å²) in [6.07, 6.45) is 4.14. The third kappa shape index (κ3) is 5.15. The van der Waals surface area contributed by atoms with Crippen LogP contribution in [0.3, 0.4) is 0 Å². The van der Waals surface area contributed by atoms with Crippen molar-refractivity contribution in [2.24, 2.45) is 23.2 Å². The van der Waals surface area contributed by atoms with Crippen molar-refractivity contribution < 1.29 is 14.3 Å². The summed E-state index contributed by atoms with van der Waals surface area (Å²) in [5, 5.41) is 3.18. The Bertz CT molecular complexity index is 609. The number of nitrogens with one attached hydrogen (secondary N) is 1. The maximum Gasteiger partial charge on any atom is 0.223 e. The fourth-order valence-corrected chi connectivity index (χ4v) is 4.19. The highest BCUT2D eigenvalue weighted by atomic mass is 16.5. The summed E-state index contributed by atoms with van der Waals surface area (Å²) >= 11 is 0. The van der Waals surface area contributed by atoms with E-state index in [2.05, 4.69) is 33.0 Å². The van der Waals surface area contributed by atoms with Crippen LogP contribution in [0.15, 0.2) is 18.2 Å². The zero-order chi connectivity index (χ0) is 19.3. The van der Waals surface area contributed by atoms with Crippen molar-refractivity contribution in [3.05, 3.63) is 23.8 Å². The highest BCUT2D eigenvalue weighted by molar-refractivity contribution is 5.79. The second kappa shape index (κ2) is 8.79. The smallest absolute Gasteiger partial charge is 0.223 e. The molecule has 1 amide bonds. The number of hydrogen-bond acceptors (Lipinski definition) is 3. The van der Waals surface area contributed by atoms with Gasteiger partial charge in [0.1, 0.15) is 0 Å². The molecular formula is C22H35NO3. The van der Waals surface area contributed by atoms with Crippen LogP contribution in [0.2, 0.25) is 0 Å². The van der Waals surface area contributed by atoms with Crippen LogP contribution in [0, 0.1) is 23.2 Å². The van der Waals surface area contributed by atoms with E-state index in [1.54, 1.807) is 14.2 Å². The summed E-state index contributed by atoms with van der Waals surface area (Å²) in [6.45, 7) is 9.71. The molecule has 2 rings (SSSR count). The van der Waals surface area contributed by atoms with Gasteiger partial charge in [-0.05, 0) is 60.6 Å². The number of amides is 1. The van der Waals surface area contributed by atoms with E-state index in [9.17, 15) is 4.79 Å². The number of carbonyl (C=O) groups is 1. The Hall–Kier alpha value is -1.71. The van der Waals surface area contributed by atoms with Crippen LogP contribution in [-0.4, -0.2) is 26.7 Å². The van der Waals surface area contributed by atoms with Crippen molar-refractivity contribution in [1.29, 1.82) is 0 Å². The lowest BCUT2D eigenvalue weighted by Gasteiger charge is -2.41. The molecule has 1 saturated carbocycles. The average molecular weight is 362 g/mol. The Labute approximate surface area is 158 Å². The van der Waals surface area contributed by atoms with Crippen LogP contribution in [0.1, 0.15) is 52.5 Å². The lowest BCUT2D eigenvalue weighted by atomic mass is 9.64. The molecule has 4 heteroatoms. The fraction of sp³-hybridized carbons (Fsp3) is 0.682. The minimum absolute atomic E-state index is 0.129. The lowest BCUT2D eigenvalue weighted by Crippen LogP contribution is -2.43. The third-order valence-electron chi connectivity index (χ3n) is 5.80. The predicted molar refractivity (Wildman–Crippen MR) is 106 cm³/mol. The molecule has 1 aromatic rings. The summed E-state index contributed by atoms with van der Waals surface area (Å²) in [5.41, 5.74) is 1.39. The van der Waals surface area contributed by atoms with Gasteiger partial charge in [0.25, 0.3) is 0 Å². The van der Waals surface area contributed by atoms with E-state index in [1.807, 2.05) is 18.2 Å². The highest BCUT2D eigenvalue weighted by Crippen LogP contribution is 2.44. The topological polar surface area (TPSA) is 47.6 Å². The van der Waals surface area contributed by atoms with Crippen LogP contribution < -0.4 is 14.8 Å². The first-order valence-electron chi connectivity index (χ1n) is 9.76. The van der Waals surface area contributed by atoms with Gasteiger partial charge in [0.05, 0.1) is 14.2 Å². The van der Waals surface area contributed by atoms with E-state index >= 15 is 0 Å². The molecule has 0 heterocycles. The number of hydrogen-bond donors (Lipinski definition) is 1. The van der Waals surface area contributed by atoms with Crippen LogP contribution in [0.4, 0.5) is 0 Å².